The van der Waals surface area contributed by atoms with Gasteiger partial charge in [-0.15, -0.1) is 0 Å². The van der Waals surface area contributed by atoms with Gasteiger partial charge in [0.25, 0.3) is 0 Å². The molecular weight excluding hydrogens is 274 g/mol. The Morgan fingerprint density at radius 1 is 1.05 bits per heavy atom. The Kier molecular flexibility index (Phi) is 3.02. The van der Waals surface area contributed by atoms with Crippen LogP contribution < -0.4 is 5.73 Å². The van der Waals surface area contributed by atoms with Crippen molar-refractivity contribution in [1.29, 1.82) is 0 Å². The molecule has 4 rings (SSSR count). The quantitative estimate of drug-likeness (QED) is 0.600. The van der Waals surface area contributed by atoms with Gasteiger partial charge in [-0.1, -0.05) is 41.6 Å². The Labute approximate surface area is 127 Å². The van der Waals surface area contributed by atoms with Crippen LogP contribution in [0, 0.1) is 0 Å². The predicted molar refractivity (Wildman–Crippen MR) is 87.1 cm³/mol. The fourth-order valence-corrected chi connectivity index (χ4v) is 2.69. The standard InChI is InChI=1S/C18H15N3O/c19-10-12-6-7-16-14(8-12)9-17(20-16)15-11-22-21-18(15)13-4-2-1-3-5-13/h1-9,11,20H,10,19H2. The summed E-state index contributed by atoms with van der Waals surface area (Å²) >= 11 is 0. The second-order valence-electron chi connectivity index (χ2n) is 5.25. The average Bonchev–Trinajstić information content (AvgIpc) is 3.21. The molecule has 0 spiro atoms. The highest BCUT2D eigenvalue weighted by molar-refractivity contribution is 5.89. The Hall–Kier alpha value is -2.85. The van der Waals surface area contributed by atoms with Crippen molar-refractivity contribution in [3.05, 3.63) is 66.4 Å². The molecule has 4 nitrogen and oxygen atoms in total. The van der Waals surface area contributed by atoms with Crippen LogP contribution in [0.1, 0.15) is 5.56 Å². The molecule has 0 aliphatic carbocycles. The highest BCUT2D eigenvalue weighted by Crippen LogP contribution is 2.32. The first-order valence-corrected chi connectivity index (χ1v) is 7.17. The van der Waals surface area contributed by atoms with Crippen molar-refractivity contribution in [1.82, 2.24) is 10.1 Å². The van der Waals surface area contributed by atoms with E-state index < -0.39 is 0 Å². The Balaban J connectivity index is 1.85. The number of nitrogens with zero attached hydrogens (tertiary/aromatic N) is 1. The summed E-state index contributed by atoms with van der Waals surface area (Å²) in [6.45, 7) is 0.541. The van der Waals surface area contributed by atoms with Crippen molar-refractivity contribution < 1.29 is 4.52 Å². The number of fused-ring (bicyclic) bond motifs is 1. The Morgan fingerprint density at radius 3 is 2.73 bits per heavy atom. The monoisotopic (exact) mass is 289 g/mol. The van der Waals surface area contributed by atoms with Crippen LogP contribution in [0.25, 0.3) is 33.4 Å². The number of H-pyrrole nitrogens is 1. The van der Waals surface area contributed by atoms with Crippen molar-refractivity contribution in [3.63, 3.8) is 0 Å². The first-order chi connectivity index (χ1) is 10.8. The third-order valence-electron chi connectivity index (χ3n) is 3.83. The molecule has 0 radical (unpaired) electrons. The largest absolute Gasteiger partial charge is 0.363 e. The molecule has 0 unspecified atom stereocenters. The molecule has 2 aromatic carbocycles. The normalized spacial score (nSPS) is 11.1. The van der Waals surface area contributed by atoms with E-state index in [4.69, 9.17) is 10.3 Å². The van der Waals surface area contributed by atoms with E-state index in [0.717, 1.165) is 39.0 Å². The molecule has 0 saturated heterocycles. The molecule has 108 valence electrons. The van der Waals surface area contributed by atoms with Gasteiger partial charge >= 0.3 is 0 Å². The van der Waals surface area contributed by atoms with Crippen LogP contribution in [0.5, 0.6) is 0 Å². The van der Waals surface area contributed by atoms with Gasteiger partial charge in [0.1, 0.15) is 12.0 Å². The van der Waals surface area contributed by atoms with Crippen molar-refractivity contribution in [2.75, 3.05) is 0 Å². The Bertz CT molecular complexity index is 922. The fourth-order valence-electron chi connectivity index (χ4n) is 2.69. The van der Waals surface area contributed by atoms with E-state index in [9.17, 15) is 0 Å². The minimum Gasteiger partial charge on any atom is -0.363 e. The van der Waals surface area contributed by atoms with Gasteiger partial charge in [-0.25, -0.2) is 0 Å². The SMILES string of the molecule is NCc1ccc2[nH]c(-c3conc3-c3ccccc3)cc2c1. The number of rotatable bonds is 3. The van der Waals surface area contributed by atoms with Gasteiger partial charge in [-0.05, 0) is 23.8 Å². The summed E-state index contributed by atoms with van der Waals surface area (Å²) in [7, 11) is 0. The lowest BCUT2D eigenvalue weighted by atomic mass is 10.1. The van der Waals surface area contributed by atoms with Crippen molar-refractivity contribution in [2.45, 2.75) is 6.54 Å². The predicted octanol–water partition coefficient (Wildman–Crippen LogP) is 3.95. The van der Waals surface area contributed by atoms with E-state index in [1.807, 2.05) is 36.4 Å². The number of aromatic nitrogens is 2. The van der Waals surface area contributed by atoms with Gasteiger partial charge in [0, 0.05) is 23.0 Å². The van der Waals surface area contributed by atoms with Gasteiger partial charge in [0.05, 0.1) is 11.3 Å². The lowest BCUT2D eigenvalue weighted by Crippen LogP contribution is -1.94. The van der Waals surface area contributed by atoms with Crippen LogP contribution in [-0.2, 0) is 6.54 Å². The zero-order valence-corrected chi connectivity index (χ0v) is 11.9. The minimum atomic E-state index is 0.541. The van der Waals surface area contributed by atoms with Gasteiger partial charge in [-0.3, -0.25) is 0 Å². The average molecular weight is 289 g/mol. The van der Waals surface area contributed by atoms with Gasteiger partial charge in [0.15, 0.2) is 0 Å². The summed E-state index contributed by atoms with van der Waals surface area (Å²) in [5.74, 6) is 0. The lowest BCUT2D eigenvalue weighted by Gasteiger charge is -1.98. The van der Waals surface area contributed by atoms with Crippen molar-refractivity contribution >= 4 is 10.9 Å². The summed E-state index contributed by atoms with van der Waals surface area (Å²) in [4.78, 5) is 3.42. The van der Waals surface area contributed by atoms with Crippen LogP contribution in [0.2, 0.25) is 0 Å². The zero-order valence-electron chi connectivity index (χ0n) is 11.9. The van der Waals surface area contributed by atoms with Crippen LogP contribution in [0.15, 0.2) is 65.4 Å². The molecule has 0 aliphatic heterocycles. The topological polar surface area (TPSA) is 67.8 Å². The maximum Gasteiger partial charge on any atom is 0.133 e. The van der Waals surface area contributed by atoms with Crippen LogP contribution in [0.3, 0.4) is 0 Å². The van der Waals surface area contributed by atoms with Crippen molar-refractivity contribution in [2.24, 2.45) is 5.73 Å². The smallest absolute Gasteiger partial charge is 0.133 e. The number of nitrogens with two attached hydrogens (primary N) is 1. The van der Waals surface area contributed by atoms with Crippen LogP contribution in [-0.4, -0.2) is 10.1 Å². The van der Waals surface area contributed by atoms with Crippen molar-refractivity contribution in [3.8, 4) is 22.5 Å². The summed E-state index contributed by atoms with van der Waals surface area (Å²) in [6, 6.07) is 18.3. The molecule has 2 aromatic heterocycles. The third-order valence-corrected chi connectivity index (χ3v) is 3.83. The molecule has 22 heavy (non-hydrogen) atoms. The molecule has 0 fully saturated rings. The van der Waals surface area contributed by atoms with E-state index in [2.05, 4.69) is 28.3 Å². The number of hydrogen-bond donors (Lipinski definition) is 2. The number of aromatic amines is 1. The fraction of sp³-hybridized carbons (Fsp3) is 0.0556. The summed E-state index contributed by atoms with van der Waals surface area (Å²) in [5.41, 5.74) is 11.7. The van der Waals surface area contributed by atoms with E-state index in [1.54, 1.807) is 6.26 Å². The van der Waals surface area contributed by atoms with Crippen LogP contribution in [0.4, 0.5) is 0 Å². The minimum absolute atomic E-state index is 0.541. The highest BCUT2D eigenvalue weighted by Gasteiger charge is 2.14. The molecule has 2 heterocycles. The van der Waals surface area contributed by atoms with Gasteiger partial charge < -0.3 is 15.2 Å². The summed E-state index contributed by atoms with van der Waals surface area (Å²) in [5, 5.41) is 5.29. The molecule has 0 saturated carbocycles. The molecule has 3 N–H and O–H groups in total. The molecule has 4 heteroatoms. The zero-order chi connectivity index (χ0) is 14.9. The second kappa shape index (κ2) is 5.16. The van der Waals surface area contributed by atoms with E-state index in [1.165, 1.54) is 0 Å². The summed E-state index contributed by atoms with van der Waals surface area (Å²) in [6.07, 6.45) is 1.68. The second-order valence-corrected chi connectivity index (χ2v) is 5.25. The molecule has 0 atom stereocenters. The molecule has 4 aromatic rings. The maximum absolute atomic E-state index is 5.71. The molecule has 0 bridgehead atoms. The maximum atomic E-state index is 5.71. The highest BCUT2D eigenvalue weighted by atomic mass is 16.5. The van der Waals surface area contributed by atoms with Crippen LogP contribution >= 0.6 is 0 Å². The lowest BCUT2D eigenvalue weighted by molar-refractivity contribution is 0.422. The number of hydrogen-bond acceptors (Lipinski definition) is 3. The van der Waals surface area contributed by atoms with E-state index >= 15 is 0 Å². The van der Waals surface area contributed by atoms with Gasteiger partial charge in [-0.2, -0.15) is 0 Å². The molecule has 0 aliphatic rings. The first-order valence-electron chi connectivity index (χ1n) is 7.17. The number of benzene rings is 2. The van der Waals surface area contributed by atoms with Gasteiger partial charge in [0.2, 0.25) is 0 Å². The first kappa shape index (κ1) is 12.9. The Morgan fingerprint density at radius 2 is 1.91 bits per heavy atom. The van der Waals surface area contributed by atoms with E-state index in [-0.39, 0.29) is 0 Å². The third kappa shape index (κ3) is 2.10. The van der Waals surface area contributed by atoms with E-state index in [0.29, 0.717) is 6.54 Å². The summed E-state index contributed by atoms with van der Waals surface area (Å²) < 4.78 is 5.21. The molecule has 0 amide bonds. The molecular formula is C18H15N3O. The number of nitrogens with one attached hydrogen (secondary N) is 1.